The number of nitro benzene ring substituents is 1. The van der Waals surface area contributed by atoms with Gasteiger partial charge in [-0.3, -0.25) is 14.9 Å². The molecular weight excluding hydrogens is 334 g/mol. The van der Waals surface area contributed by atoms with Crippen molar-refractivity contribution in [3.05, 3.63) is 58.1 Å². The Morgan fingerprint density at radius 3 is 2.42 bits per heavy atom. The second-order valence-corrected chi connectivity index (χ2v) is 6.44. The molecule has 136 valence electrons. The van der Waals surface area contributed by atoms with Crippen LogP contribution in [0.25, 0.3) is 0 Å². The normalized spacial score (nSPS) is 14.9. The van der Waals surface area contributed by atoms with Crippen molar-refractivity contribution in [1.29, 1.82) is 0 Å². The van der Waals surface area contributed by atoms with Crippen LogP contribution in [0.3, 0.4) is 0 Å². The third kappa shape index (κ3) is 4.00. The third-order valence-corrected chi connectivity index (χ3v) is 4.58. The Kier molecular flexibility index (Phi) is 5.18. The van der Waals surface area contributed by atoms with Crippen molar-refractivity contribution < 1.29 is 14.8 Å². The van der Waals surface area contributed by atoms with Gasteiger partial charge in [-0.05, 0) is 56.2 Å². The molecule has 1 aliphatic rings. The summed E-state index contributed by atoms with van der Waals surface area (Å²) in [6.45, 7) is 3.00. The highest BCUT2D eigenvalue weighted by Gasteiger charge is 2.18. The SMILES string of the molecule is CC(=O)c1ccc(Nc2ccc(N3CCC(O)CC3)cc2)c([N+](=O)[O-])c1. The summed E-state index contributed by atoms with van der Waals surface area (Å²) >= 11 is 0. The first-order chi connectivity index (χ1) is 12.4. The number of piperidine rings is 1. The number of hydrogen-bond donors (Lipinski definition) is 2. The van der Waals surface area contributed by atoms with Gasteiger partial charge in [0.25, 0.3) is 5.69 Å². The van der Waals surface area contributed by atoms with Crippen LogP contribution in [0.4, 0.5) is 22.7 Å². The molecule has 1 saturated heterocycles. The molecule has 0 amide bonds. The number of anilines is 3. The lowest BCUT2D eigenvalue weighted by molar-refractivity contribution is -0.383. The number of carbonyl (C=O) groups excluding carboxylic acids is 1. The zero-order chi connectivity index (χ0) is 18.7. The summed E-state index contributed by atoms with van der Waals surface area (Å²) in [5, 5.41) is 23.9. The maximum atomic E-state index is 11.4. The van der Waals surface area contributed by atoms with Gasteiger partial charge in [-0.1, -0.05) is 0 Å². The quantitative estimate of drug-likeness (QED) is 0.484. The van der Waals surface area contributed by atoms with E-state index in [1.807, 2.05) is 24.3 Å². The Morgan fingerprint density at radius 1 is 1.19 bits per heavy atom. The summed E-state index contributed by atoms with van der Waals surface area (Å²) in [6.07, 6.45) is 1.30. The smallest absolute Gasteiger partial charge is 0.293 e. The number of hydrogen-bond acceptors (Lipinski definition) is 6. The molecule has 26 heavy (non-hydrogen) atoms. The maximum Gasteiger partial charge on any atom is 0.293 e. The molecule has 1 fully saturated rings. The van der Waals surface area contributed by atoms with Gasteiger partial charge in [0.05, 0.1) is 11.0 Å². The summed E-state index contributed by atoms with van der Waals surface area (Å²) in [6, 6.07) is 12.1. The number of ketones is 1. The Balaban J connectivity index is 1.77. The maximum absolute atomic E-state index is 11.4. The molecule has 0 radical (unpaired) electrons. The van der Waals surface area contributed by atoms with E-state index in [0.717, 1.165) is 37.3 Å². The van der Waals surface area contributed by atoms with Crippen LogP contribution < -0.4 is 10.2 Å². The number of carbonyl (C=O) groups is 1. The van der Waals surface area contributed by atoms with Gasteiger partial charge in [0.2, 0.25) is 0 Å². The van der Waals surface area contributed by atoms with Crippen molar-refractivity contribution in [1.82, 2.24) is 0 Å². The average molecular weight is 355 g/mol. The number of benzene rings is 2. The van der Waals surface area contributed by atoms with Crippen LogP contribution in [0.15, 0.2) is 42.5 Å². The standard InChI is InChI=1S/C19H21N3O4/c1-13(23)14-2-7-18(19(12-14)22(25)26)20-15-3-5-16(6-4-15)21-10-8-17(24)9-11-21/h2-7,12,17,20,24H,8-11H2,1H3. The molecule has 7 heteroatoms. The van der Waals surface area contributed by atoms with Gasteiger partial charge in [0, 0.05) is 36.1 Å². The first-order valence-corrected chi connectivity index (χ1v) is 8.53. The fourth-order valence-electron chi connectivity index (χ4n) is 3.04. The zero-order valence-corrected chi connectivity index (χ0v) is 14.5. The number of rotatable bonds is 5. The van der Waals surface area contributed by atoms with E-state index in [1.165, 1.54) is 13.0 Å². The second-order valence-electron chi connectivity index (χ2n) is 6.44. The first-order valence-electron chi connectivity index (χ1n) is 8.53. The molecule has 2 aromatic rings. The summed E-state index contributed by atoms with van der Waals surface area (Å²) < 4.78 is 0. The highest BCUT2D eigenvalue weighted by Crippen LogP contribution is 2.30. The number of nitrogens with one attached hydrogen (secondary N) is 1. The van der Waals surface area contributed by atoms with Crippen molar-refractivity contribution >= 4 is 28.5 Å². The van der Waals surface area contributed by atoms with Crippen LogP contribution >= 0.6 is 0 Å². The molecule has 1 heterocycles. The molecule has 0 saturated carbocycles. The molecule has 2 N–H and O–H groups in total. The first kappa shape index (κ1) is 17.9. The predicted octanol–water partition coefficient (Wildman–Crippen LogP) is 3.50. The van der Waals surface area contributed by atoms with Crippen LogP contribution in [0.2, 0.25) is 0 Å². The van der Waals surface area contributed by atoms with E-state index in [-0.39, 0.29) is 17.6 Å². The van der Waals surface area contributed by atoms with Gasteiger partial charge in [0.15, 0.2) is 5.78 Å². The van der Waals surface area contributed by atoms with E-state index in [9.17, 15) is 20.0 Å². The van der Waals surface area contributed by atoms with E-state index in [2.05, 4.69) is 10.2 Å². The molecule has 0 atom stereocenters. The molecular formula is C19H21N3O4. The Hall–Kier alpha value is -2.93. The highest BCUT2D eigenvalue weighted by molar-refractivity contribution is 5.95. The van der Waals surface area contributed by atoms with E-state index < -0.39 is 4.92 Å². The van der Waals surface area contributed by atoms with Crippen molar-refractivity contribution in [2.45, 2.75) is 25.9 Å². The summed E-state index contributed by atoms with van der Waals surface area (Å²) in [5.41, 5.74) is 2.30. The zero-order valence-electron chi connectivity index (χ0n) is 14.5. The summed E-state index contributed by atoms with van der Waals surface area (Å²) in [7, 11) is 0. The largest absolute Gasteiger partial charge is 0.393 e. The van der Waals surface area contributed by atoms with Crippen LogP contribution in [-0.4, -0.2) is 35.0 Å². The second kappa shape index (κ2) is 7.53. The molecule has 0 aromatic heterocycles. The van der Waals surface area contributed by atoms with Gasteiger partial charge in [0.1, 0.15) is 5.69 Å². The minimum atomic E-state index is -0.498. The Labute approximate surface area is 151 Å². The molecule has 7 nitrogen and oxygen atoms in total. The molecule has 2 aromatic carbocycles. The van der Waals surface area contributed by atoms with Gasteiger partial charge >= 0.3 is 0 Å². The number of aliphatic hydroxyl groups is 1. The monoisotopic (exact) mass is 355 g/mol. The number of nitro groups is 1. The van der Waals surface area contributed by atoms with Crippen molar-refractivity contribution in [3.8, 4) is 0 Å². The number of nitrogens with zero attached hydrogens (tertiary/aromatic N) is 2. The summed E-state index contributed by atoms with van der Waals surface area (Å²) in [5.74, 6) is -0.212. The highest BCUT2D eigenvalue weighted by atomic mass is 16.6. The van der Waals surface area contributed by atoms with Crippen LogP contribution in [0.1, 0.15) is 30.1 Å². The molecule has 3 rings (SSSR count). The lowest BCUT2D eigenvalue weighted by Gasteiger charge is -2.31. The van der Waals surface area contributed by atoms with Crippen LogP contribution in [0.5, 0.6) is 0 Å². The molecule has 0 spiro atoms. The lowest BCUT2D eigenvalue weighted by Crippen LogP contribution is -2.35. The molecule has 0 aliphatic carbocycles. The van der Waals surface area contributed by atoms with E-state index in [4.69, 9.17) is 0 Å². The van der Waals surface area contributed by atoms with Gasteiger partial charge in [-0.15, -0.1) is 0 Å². The average Bonchev–Trinajstić information content (AvgIpc) is 2.63. The van der Waals surface area contributed by atoms with Crippen LogP contribution in [0, 0.1) is 10.1 Å². The Bertz CT molecular complexity index is 812. The predicted molar refractivity (Wildman–Crippen MR) is 100 cm³/mol. The van der Waals surface area contributed by atoms with Gasteiger partial charge in [-0.2, -0.15) is 0 Å². The fourth-order valence-corrected chi connectivity index (χ4v) is 3.04. The molecule has 0 bridgehead atoms. The Morgan fingerprint density at radius 2 is 1.85 bits per heavy atom. The fraction of sp³-hybridized carbons (Fsp3) is 0.316. The molecule has 1 aliphatic heterocycles. The van der Waals surface area contributed by atoms with Crippen molar-refractivity contribution in [2.24, 2.45) is 0 Å². The number of Topliss-reactive ketones (excluding diaryl/α,β-unsaturated/α-hetero) is 1. The summed E-state index contributed by atoms with van der Waals surface area (Å²) in [4.78, 5) is 24.4. The van der Waals surface area contributed by atoms with E-state index in [0.29, 0.717) is 11.3 Å². The lowest BCUT2D eigenvalue weighted by atomic mass is 10.1. The minimum absolute atomic E-state index is 0.133. The minimum Gasteiger partial charge on any atom is -0.393 e. The van der Waals surface area contributed by atoms with Crippen molar-refractivity contribution in [2.75, 3.05) is 23.3 Å². The molecule has 0 unspecified atom stereocenters. The topological polar surface area (TPSA) is 95.7 Å². The third-order valence-electron chi connectivity index (χ3n) is 4.58. The van der Waals surface area contributed by atoms with E-state index in [1.54, 1.807) is 12.1 Å². The van der Waals surface area contributed by atoms with Gasteiger partial charge in [-0.25, -0.2) is 0 Å². The van der Waals surface area contributed by atoms with Crippen molar-refractivity contribution in [3.63, 3.8) is 0 Å². The number of aliphatic hydroxyl groups excluding tert-OH is 1. The van der Waals surface area contributed by atoms with Crippen LogP contribution in [-0.2, 0) is 0 Å². The van der Waals surface area contributed by atoms with E-state index >= 15 is 0 Å². The van der Waals surface area contributed by atoms with Gasteiger partial charge < -0.3 is 15.3 Å².